The number of aliphatic imine (C=N–C) groups is 1. The lowest BCUT2D eigenvalue weighted by Gasteiger charge is -2.09. The van der Waals surface area contributed by atoms with Crippen LogP contribution in [0.25, 0.3) is 10.8 Å². The zero-order valence-electron chi connectivity index (χ0n) is 12.2. The van der Waals surface area contributed by atoms with E-state index in [1.54, 1.807) is 24.3 Å². The van der Waals surface area contributed by atoms with Crippen molar-refractivity contribution >= 4 is 34.3 Å². The van der Waals surface area contributed by atoms with Crippen molar-refractivity contribution in [2.24, 2.45) is 4.99 Å². The van der Waals surface area contributed by atoms with Crippen molar-refractivity contribution in [2.75, 3.05) is 0 Å². The van der Waals surface area contributed by atoms with Gasteiger partial charge in [0.25, 0.3) is 0 Å². The van der Waals surface area contributed by atoms with Gasteiger partial charge in [0.05, 0.1) is 16.3 Å². The summed E-state index contributed by atoms with van der Waals surface area (Å²) in [5.41, 5.74) is -0.432. The minimum Gasteiger partial charge on any atom is -0.507 e. The number of rotatable bonds is 2. The molecule has 24 heavy (non-hydrogen) atoms. The van der Waals surface area contributed by atoms with E-state index < -0.39 is 11.7 Å². The summed E-state index contributed by atoms with van der Waals surface area (Å²) in [4.78, 5) is 4.02. The molecule has 3 aromatic rings. The molecule has 3 aromatic carbocycles. The van der Waals surface area contributed by atoms with Crippen LogP contribution in [0.15, 0.2) is 59.6 Å². The fraction of sp³-hybridized carbons (Fsp3) is 0.0556. The van der Waals surface area contributed by atoms with Crippen molar-refractivity contribution in [3.8, 4) is 5.75 Å². The Balaban J connectivity index is 1.98. The summed E-state index contributed by atoms with van der Waals surface area (Å²) in [5, 5.41) is 11.4. The Labute approximate surface area is 140 Å². The standard InChI is InChI=1S/C18H11ClF3NO/c19-16-8-7-13(9-15(16)18(20,21)22)23-10-12-6-5-11-3-1-2-4-14(11)17(12)24/h1-10,24H. The van der Waals surface area contributed by atoms with Crippen LogP contribution in [0.3, 0.4) is 0 Å². The van der Waals surface area contributed by atoms with E-state index in [0.29, 0.717) is 10.9 Å². The molecule has 0 saturated carbocycles. The molecule has 0 unspecified atom stereocenters. The first-order chi connectivity index (χ1) is 11.4. The molecule has 6 heteroatoms. The molecule has 2 nitrogen and oxygen atoms in total. The highest BCUT2D eigenvalue weighted by Crippen LogP contribution is 2.37. The Morgan fingerprint density at radius 3 is 2.50 bits per heavy atom. The van der Waals surface area contributed by atoms with Gasteiger partial charge in [-0.3, -0.25) is 4.99 Å². The minimum absolute atomic E-state index is 0.0295. The predicted octanol–water partition coefficient (Wildman–Crippen LogP) is 5.97. The van der Waals surface area contributed by atoms with Gasteiger partial charge in [0.2, 0.25) is 0 Å². The summed E-state index contributed by atoms with van der Waals surface area (Å²) in [6.07, 6.45) is -3.22. The van der Waals surface area contributed by atoms with E-state index in [0.717, 1.165) is 17.5 Å². The van der Waals surface area contributed by atoms with Crippen molar-refractivity contribution in [3.05, 3.63) is 70.7 Å². The number of fused-ring (bicyclic) bond motifs is 1. The molecular weight excluding hydrogens is 339 g/mol. The molecule has 0 saturated heterocycles. The van der Waals surface area contributed by atoms with Crippen molar-refractivity contribution in [1.29, 1.82) is 0 Å². The molecule has 3 rings (SSSR count). The summed E-state index contributed by atoms with van der Waals surface area (Å²) in [7, 11) is 0. The van der Waals surface area contributed by atoms with E-state index in [1.165, 1.54) is 12.3 Å². The second-order valence-corrected chi connectivity index (χ2v) is 5.55. The van der Waals surface area contributed by atoms with Crippen LogP contribution in [0.4, 0.5) is 18.9 Å². The molecule has 0 aliphatic rings. The third kappa shape index (κ3) is 3.21. The topological polar surface area (TPSA) is 32.6 Å². The van der Waals surface area contributed by atoms with Crippen LogP contribution in [0, 0.1) is 0 Å². The van der Waals surface area contributed by atoms with Gasteiger partial charge in [0, 0.05) is 17.2 Å². The van der Waals surface area contributed by atoms with Gasteiger partial charge < -0.3 is 5.11 Å². The molecule has 122 valence electrons. The summed E-state index contributed by atoms with van der Waals surface area (Å²) < 4.78 is 38.6. The van der Waals surface area contributed by atoms with Crippen LogP contribution in [0.1, 0.15) is 11.1 Å². The van der Waals surface area contributed by atoms with E-state index in [9.17, 15) is 18.3 Å². The monoisotopic (exact) mass is 349 g/mol. The SMILES string of the molecule is Oc1c(C=Nc2ccc(Cl)c(C(F)(F)F)c2)ccc2ccccc12. The number of phenolic OH excluding ortho intramolecular Hbond substituents is 1. The largest absolute Gasteiger partial charge is 0.507 e. The summed E-state index contributed by atoms with van der Waals surface area (Å²) in [6, 6.07) is 14.1. The first-order valence-electron chi connectivity index (χ1n) is 6.98. The predicted molar refractivity (Wildman–Crippen MR) is 89.3 cm³/mol. The van der Waals surface area contributed by atoms with Crippen molar-refractivity contribution in [2.45, 2.75) is 6.18 Å². The van der Waals surface area contributed by atoms with Crippen LogP contribution in [-0.2, 0) is 6.18 Å². The first-order valence-corrected chi connectivity index (χ1v) is 7.35. The van der Waals surface area contributed by atoms with E-state index in [4.69, 9.17) is 11.6 Å². The van der Waals surface area contributed by atoms with Crippen LogP contribution in [0.2, 0.25) is 5.02 Å². The molecule has 0 heterocycles. The Kier molecular flexibility index (Phi) is 4.20. The highest BCUT2D eigenvalue weighted by atomic mass is 35.5. The fourth-order valence-electron chi connectivity index (χ4n) is 2.33. The Bertz CT molecular complexity index is 935. The number of hydrogen-bond acceptors (Lipinski definition) is 2. The normalized spacial score (nSPS) is 12.2. The van der Waals surface area contributed by atoms with Gasteiger partial charge in [0.1, 0.15) is 5.75 Å². The number of nitrogens with zero attached hydrogens (tertiary/aromatic N) is 1. The van der Waals surface area contributed by atoms with Crippen LogP contribution >= 0.6 is 11.6 Å². The lowest BCUT2D eigenvalue weighted by atomic mass is 10.1. The van der Waals surface area contributed by atoms with Gasteiger partial charge in [-0.15, -0.1) is 0 Å². The van der Waals surface area contributed by atoms with Crippen LogP contribution < -0.4 is 0 Å². The second kappa shape index (κ2) is 6.17. The molecule has 0 fully saturated rings. The number of halogens is 4. The molecule has 0 radical (unpaired) electrons. The summed E-state index contributed by atoms with van der Waals surface area (Å²) in [6.45, 7) is 0. The lowest BCUT2D eigenvalue weighted by molar-refractivity contribution is -0.137. The maximum absolute atomic E-state index is 12.9. The maximum atomic E-state index is 12.9. The van der Waals surface area contributed by atoms with Gasteiger partial charge in [-0.1, -0.05) is 41.9 Å². The molecule has 0 aliphatic carbocycles. The van der Waals surface area contributed by atoms with Gasteiger partial charge in [-0.25, -0.2) is 0 Å². The Morgan fingerprint density at radius 2 is 1.75 bits per heavy atom. The average molecular weight is 350 g/mol. The highest BCUT2D eigenvalue weighted by Gasteiger charge is 2.33. The smallest absolute Gasteiger partial charge is 0.417 e. The quantitative estimate of drug-likeness (QED) is 0.568. The van der Waals surface area contributed by atoms with Crippen molar-refractivity contribution in [3.63, 3.8) is 0 Å². The molecule has 0 aromatic heterocycles. The van der Waals surface area contributed by atoms with Gasteiger partial charge in [-0.2, -0.15) is 13.2 Å². The Morgan fingerprint density at radius 1 is 1.00 bits per heavy atom. The molecular formula is C18H11ClF3NO. The number of benzene rings is 3. The lowest BCUT2D eigenvalue weighted by Crippen LogP contribution is -2.05. The van der Waals surface area contributed by atoms with Crippen LogP contribution in [0.5, 0.6) is 5.75 Å². The number of phenols is 1. The molecule has 0 atom stereocenters. The zero-order valence-corrected chi connectivity index (χ0v) is 12.9. The molecule has 0 amide bonds. The summed E-state index contributed by atoms with van der Waals surface area (Å²) in [5.74, 6) is 0.0295. The van der Waals surface area contributed by atoms with E-state index in [1.807, 2.05) is 12.1 Å². The average Bonchev–Trinajstić information content (AvgIpc) is 2.55. The molecule has 0 aliphatic heterocycles. The van der Waals surface area contributed by atoms with Crippen molar-refractivity contribution in [1.82, 2.24) is 0 Å². The van der Waals surface area contributed by atoms with E-state index in [-0.39, 0.29) is 16.5 Å². The first kappa shape index (κ1) is 16.3. The van der Waals surface area contributed by atoms with E-state index in [2.05, 4.69) is 4.99 Å². The number of hydrogen-bond donors (Lipinski definition) is 1. The zero-order chi connectivity index (χ0) is 17.3. The summed E-state index contributed by atoms with van der Waals surface area (Å²) >= 11 is 5.58. The maximum Gasteiger partial charge on any atom is 0.417 e. The third-order valence-electron chi connectivity index (χ3n) is 3.54. The van der Waals surface area contributed by atoms with Gasteiger partial charge in [0.15, 0.2) is 0 Å². The minimum atomic E-state index is -4.55. The number of aromatic hydroxyl groups is 1. The number of alkyl halides is 3. The van der Waals surface area contributed by atoms with Gasteiger partial charge >= 0.3 is 6.18 Å². The highest BCUT2D eigenvalue weighted by molar-refractivity contribution is 6.31. The van der Waals surface area contributed by atoms with Crippen molar-refractivity contribution < 1.29 is 18.3 Å². The fourth-order valence-corrected chi connectivity index (χ4v) is 2.56. The third-order valence-corrected chi connectivity index (χ3v) is 3.87. The molecule has 0 bridgehead atoms. The van der Waals surface area contributed by atoms with E-state index >= 15 is 0 Å². The molecule has 0 spiro atoms. The molecule has 1 N–H and O–H groups in total. The van der Waals surface area contributed by atoms with Gasteiger partial charge in [-0.05, 0) is 29.7 Å². The van der Waals surface area contributed by atoms with Crippen LogP contribution in [-0.4, -0.2) is 11.3 Å². The Hall–Kier alpha value is -2.53. The second-order valence-electron chi connectivity index (χ2n) is 5.14.